The van der Waals surface area contributed by atoms with Crippen molar-refractivity contribution in [3.8, 4) is 0 Å². The SMILES string of the molecule is CC(O)C(N)C(=O)NC(CC(N)=O)C(=O)NC(CS)C(=O)NC(CO)C(=O)O. The van der Waals surface area contributed by atoms with Crippen LogP contribution >= 0.6 is 12.6 Å². The van der Waals surface area contributed by atoms with Gasteiger partial charge in [-0.25, -0.2) is 4.79 Å². The van der Waals surface area contributed by atoms with Crippen LogP contribution in [0.1, 0.15) is 13.3 Å². The standard InChI is InChI=1S/C14H25N5O8S/c1-5(21)10(16)13(25)17-6(2-9(15)22)11(23)19-8(4-28)12(24)18-7(3-20)14(26)27/h5-8,10,20-21,28H,2-4,16H2,1H3,(H2,15,22)(H,17,25)(H,18,24)(H,19,23)(H,26,27). The van der Waals surface area contributed by atoms with Crippen LogP contribution in [0.2, 0.25) is 0 Å². The highest BCUT2D eigenvalue weighted by atomic mass is 32.1. The van der Waals surface area contributed by atoms with Gasteiger partial charge in [0.2, 0.25) is 23.6 Å². The molecule has 0 heterocycles. The number of hydrogen-bond donors (Lipinski definition) is 9. The second-order valence-electron chi connectivity index (χ2n) is 5.82. The molecule has 4 amide bonds. The van der Waals surface area contributed by atoms with Crippen LogP contribution in [0.5, 0.6) is 0 Å². The van der Waals surface area contributed by atoms with Gasteiger partial charge in [-0.3, -0.25) is 19.2 Å². The van der Waals surface area contributed by atoms with Gasteiger partial charge < -0.3 is 42.7 Å². The van der Waals surface area contributed by atoms with Gasteiger partial charge in [-0.1, -0.05) is 0 Å². The lowest BCUT2D eigenvalue weighted by atomic mass is 10.1. The smallest absolute Gasteiger partial charge is 0.328 e. The Morgan fingerprint density at radius 2 is 1.43 bits per heavy atom. The third-order valence-corrected chi connectivity index (χ3v) is 3.84. The Labute approximate surface area is 165 Å². The Bertz CT molecular complexity index is 602. The number of carbonyl (C=O) groups is 5. The van der Waals surface area contributed by atoms with Crippen molar-refractivity contribution in [3.63, 3.8) is 0 Å². The molecule has 0 aliphatic heterocycles. The summed E-state index contributed by atoms with van der Waals surface area (Å²) in [5.41, 5.74) is 10.5. The third kappa shape index (κ3) is 8.51. The Hall–Kier alpha value is -2.42. The van der Waals surface area contributed by atoms with Gasteiger partial charge in [0.15, 0.2) is 0 Å². The van der Waals surface area contributed by atoms with Gasteiger partial charge in [0.25, 0.3) is 0 Å². The first-order valence-corrected chi connectivity index (χ1v) is 8.65. The van der Waals surface area contributed by atoms with Crippen LogP contribution in [-0.4, -0.2) is 87.5 Å². The van der Waals surface area contributed by atoms with Crippen LogP contribution in [0.4, 0.5) is 0 Å². The molecule has 0 rings (SSSR count). The lowest BCUT2D eigenvalue weighted by Gasteiger charge is -2.24. The Balaban J connectivity index is 5.19. The minimum atomic E-state index is -1.60. The molecular weight excluding hydrogens is 398 g/mol. The fraction of sp³-hybridized carbons (Fsp3) is 0.643. The highest BCUT2D eigenvalue weighted by Gasteiger charge is 2.31. The van der Waals surface area contributed by atoms with Crippen molar-refractivity contribution in [2.24, 2.45) is 11.5 Å². The van der Waals surface area contributed by atoms with Crippen LogP contribution in [0.15, 0.2) is 0 Å². The normalized spacial score (nSPS) is 16.0. The number of carbonyl (C=O) groups excluding carboxylic acids is 4. The fourth-order valence-electron chi connectivity index (χ4n) is 1.82. The number of carboxylic acid groups (broad SMARTS) is 1. The zero-order valence-electron chi connectivity index (χ0n) is 15.0. The lowest BCUT2D eigenvalue weighted by Crippen LogP contribution is -2.59. The summed E-state index contributed by atoms with van der Waals surface area (Å²) in [7, 11) is 0. The van der Waals surface area contributed by atoms with E-state index in [2.05, 4.69) is 23.3 Å². The zero-order chi connectivity index (χ0) is 22.0. The summed E-state index contributed by atoms with van der Waals surface area (Å²) < 4.78 is 0. The number of aliphatic hydroxyl groups is 2. The predicted molar refractivity (Wildman–Crippen MR) is 97.8 cm³/mol. The monoisotopic (exact) mass is 423 g/mol. The first kappa shape index (κ1) is 25.6. The molecule has 10 N–H and O–H groups in total. The van der Waals surface area contributed by atoms with E-state index in [0.717, 1.165) is 0 Å². The molecule has 0 saturated heterocycles. The number of aliphatic carboxylic acids is 1. The summed E-state index contributed by atoms with van der Waals surface area (Å²) in [4.78, 5) is 58.4. The highest BCUT2D eigenvalue weighted by Crippen LogP contribution is 1.99. The van der Waals surface area contributed by atoms with Crippen LogP contribution < -0.4 is 27.4 Å². The molecule has 0 spiro atoms. The fourth-order valence-corrected chi connectivity index (χ4v) is 2.08. The van der Waals surface area contributed by atoms with Crippen LogP contribution in [-0.2, 0) is 24.0 Å². The van der Waals surface area contributed by atoms with Crippen molar-refractivity contribution >= 4 is 42.2 Å². The maximum absolute atomic E-state index is 12.4. The number of rotatable bonds is 12. The Morgan fingerprint density at radius 1 is 0.964 bits per heavy atom. The molecule has 5 unspecified atom stereocenters. The maximum atomic E-state index is 12.4. The molecule has 0 bridgehead atoms. The van der Waals surface area contributed by atoms with E-state index in [4.69, 9.17) is 21.7 Å². The van der Waals surface area contributed by atoms with Gasteiger partial charge >= 0.3 is 5.97 Å². The summed E-state index contributed by atoms with van der Waals surface area (Å²) in [5, 5.41) is 33.4. The minimum absolute atomic E-state index is 0.264. The predicted octanol–water partition coefficient (Wildman–Crippen LogP) is -4.97. The summed E-state index contributed by atoms with van der Waals surface area (Å²) in [6.45, 7) is 0.362. The topological polar surface area (TPSA) is 234 Å². The van der Waals surface area contributed by atoms with Gasteiger partial charge in [0, 0.05) is 5.75 Å². The summed E-state index contributed by atoms with van der Waals surface area (Å²) >= 11 is 3.88. The second-order valence-corrected chi connectivity index (χ2v) is 6.19. The number of amides is 4. The van der Waals surface area contributed by atoms with Crippen LogP contribution in [0, 0.1) is 0 Å². The molecule has 0 saturated carbocycles. The van der Waals surface area contributed by atoms with E-state index in [1.807, 2.05) is 5.32 Å². The third-order valence-electron chi connectivity index (χ3n) is 3.47. The Morgan fingerprint density at radius 3 is 1.82 bits per heavy atom. The van der Waals surface area contributed by atoms with Crippen molar-refractivity contribution in [2.75, 3.05) is 12.4 Å². The van der Waals surface area contributed by atoms with Gasteiger partial charge in [0.05, 0.1) is 19.1 Å². The number of primary amides is 1. The van der Waals surface area contributed by atoms with E-state index >= 15 is 0 Å². The number of nitrogens with one attached hydrogen (secondary N) is 3. The van der Waals surface area contributed by atoms with Crippen LogP contribution in [0.3, 0.4) is 0 Å². The van der Waals surface area contributed by atoms with Gasteiger partial charge in [-0.2, -0.15) is 12.6 Å². The Kier molecular flexibility index (Phi) is 11.1. The van der Waals surface area contributed by atoms with Gasteiger partial charge in [0.1, 0.15) is 24.2 Å². The summed E-state index contributed by atoms with van der Waals surface area (Å²) in [5.74, 6) is -5.59. The molecule has 0 fully saturated rings. The molecule has 160 valence electrons. The van der Waals surface area contributed by atoms with E-state index in [0.29, 0.717) is 0 Å². The number of carboxylic acids is 1. The van der Waals surface area contributed by atoms with E-state index in [-0.39, 0.29) is 5.75 Å². The van der Waals surface area contributed by atoms with Crippen molar-refractivity contribution in [3.05, 3.63) is 0 Å². The van der Waals surface area contributed by atoms with Crippen molar-refractivity contribution in [2.45, 2.75) is 43.6 Å². The van der Waals surface area contributed by atoms with Crippen LogP contribution in [0.25, 0.3) is 0 Å². The first-order valence-electron chi connectivity index (χ1n) is 8.02. The van der Waals surface area contributed by atoms with E-state index in [1.165, 1.54) is 6.92 Å². The average Bonchev–Trinajstić information content (AvgIpc) is 2.61. The van der Waals surface area contributed by atoms with E-state index in [9.17, 15) is 29.1 Å². The lowest BCUT2D eigenvalue weighted by molar-refractivity contribution is -0.143. The molecule has 5 atom stereocenters. The second kappa shape index (κ2) is 12.1. The zero-order valence-corrected chi connectivity index (χ0v) is 15.9. The number of nitrogens with two attached hydrogens (primary N) is 2. The summed E-state index contributed by atoms with van der Waals surface area (Å²) in [6, 6.07) is -5.83. The molecule has 14 heteroatoms. The first-order chi connectivity index (χ1) is 12.9. The maximum Gasteiger partial charge on any atom is 0.328 e. The molecule has 28 heavy (non-hydrogen) atoms. The number of hydrogen-bond acceptors (Lipinski definition) is 9. The largest absolute Gasteiger partial charge is 0.480 e. The number of thiol groups is 1. The quantitative estimate of drug-likeness (QED) is 0.136. The molecule has 13 nitrogen and oxygen atoms in total. The van der Waals surface area contributed by atoms with E-state index in [1.54, 1.807) is 0 Å². The number of aliphatic hydroxyl groups excluding tert-OH is 2. The molecule has 0 aromatic rings. The van der Waals surface area contributed by atoms with Gasteiger partial charge in [-0.15, -0.1) is 0 Å². The molecule has 0 radical (unpaired) electrons. The van der Waals surface area contributed by atoms with Crippen molar-refractivity contribution in [1.29, 1.82) is 0 Å². The minimum Gasteiger partial charge on any atom is -0.480 e. The summed E-state index contributed by atoms with van der Waals surface area (Å²) in [6.07, 6.45) is -1.86. The average molecular weight is 423 g/mol. The highest BCUT2D eigenvalue weighted by molar-refractivity contribution is 7.80. The molecule has 0 aliphatic rings. The molecular formula is C14H25N5O8S. The van der Waals surface area contributed by atoms with E-state index < -0.39 is 72.9 Å². The molecule has 0 aromatic carbocycles. The van der Waals surface area contributed by atoms with Gasteiger partial charge in [-0.05, 0) is 6.92 Å². The molecule has 0 aliphatic carbocycles. The van der Waals surface area contributed by atoms with Crippen molar-refractivity contribution < 1.29 is 39.3 Å². The molecule has 0 aromatic heterocycles. The van der Waals surface area contributed by atoms with Crippen molar-refractivity contribution in [1.82, 2.24) is 16.0 Å².